The lowest BCUT2D eigenvalue weighted by atomic mass is 10.0. The highest BCUT2D eigenvalue weighted by Gasteiger charge is 2.37. The van der Waals surface area contributed by atoms with Crippen LogP contribution >= 0.6 is 0 Å². The van der Waals surface area contributed by atoms with E-state index in [1.165, 1.54) is 27.7 Å². The van der Waals surface area contributed by atoms with Crippen molar-refractivity contribution in [2.24, 2.45) is 0 Å². The Balaban J connectivity index is 0.000000301. The van der Waals surface area contributed by atoms with Crippen molar-refractivity contribution in [3.05, 3.63) is 78.4 Å². The number of rotatable bonds is 5. The second kappa shape index (κ2) is 10.9. The van der Waals surface area contributed by atoms with Gasteiger partial charge in [-0.15, -0.1) is 0 Å². The van der Waals surface area contributed by atoms with Gasteiger partial charge in [-0.25, -0.2) is 13.9 Å². The summed E-state index contributed by atoms with van der Waals surface area (Å²) in [6, 6.07) is 21.6. The lowest BCUT2D eigenvalue weighted by Crippen LogP contribution is -2.51. The van der Waals surface area contributed by atoms with E-state index >= 15 is 0 Å². The molecule has 1 atom stereocenters. The molecule has 9 heteroatoms. The van der Waals surface area contributed by atoms with E-state index in [0.29, 0.717) is 12.8 Å². The number of ether oxygens (including phenoxy) is 1. The van der Waals surface area contributed by atoms with Crippen LogP contribution in [-0.2, 0) is 21.4 Å². The summed E-state index contributed by atoms with van der Waals surface area (Å²) in [5.41, 5.74) is 6.00. The van der Waals surface area contributed by atoms with Crippen LogP contribution in [0.15, 0.2) is 77.7 Å². The van der Waals surface area contributed by atoms with Gasteiger partial charge in [-0.3, -0.25) is 10.0 Å². The zero-order chi connectivity index (χ0) is 24.8. The molecule has 0 unspecified atom stereocenters. The maximum Gasteiger partial charge on any atom is 0.261 e. The zero-order valence-corrected chi connectivity index (χ0v) is 20.3. The molecule has 1 saturated heterocycles. The molecule has 3 aromatic carbocycles. The fourth-order valence-corrected chi connectivity index (χ4v) is 5.87. The largest absolute Gasteiger partial charge is 0.497 e. The van der Waals surface area contributed by atoms with Crippen molar-refractivity contribution in [2.75, 3.05) is 19.0 Å². The van der Waals surface area contributed by atoms with Crippen molar-refractivity contribution >= 4 is 21.6 Å². The fraction of sp³-hybridized carbons (Fsp3) is 0.269. The summed E-state index contributed by atoms with van der Waals surface area (Å²) in [4.78, 5) is 12.0. The Kier molecular flexibility index (Phi) is 7.70. The third-order valence-electron chi connectivity index (χ3n) is 6.20. The van der Waals surface area contributed by atoms with Crippen LogP contribution in [0, 0.1) is 0 Å². The Morgan fingerprint density at radius 3 is 2.06 bits per heavy atom. The molecule has 3 N–H and O–H groups in total. The van der Waals surface area contributed by atoms with Gasteiger partial charge in [0.1, 0.15) is 11.8 Å². The molecule has 0 radical (unpaired) electrons. The summed E-state index contributed by atoms with van der Waals surface area (Å²) in [5.74, 6) is 0.0457. The Hall–Kier alpha value is -3.40. The number of benzene rings is 3. The van der Waals surface area contributed by atoms with E-state index in [-0.39, 0.29) is 11.4 Å². The summed E-state index contributed by atoms with van der Waals surface area (Å²) in [5, 5.41) is 12.1. The molecule has 8 nitrogen and oxygen atoms in total. The molecule has 3 aliphatic heterocycles. The number of sulfonamides is 1. The van der Waals surface area contributed by atoms with Crippen molar-refractivity contribution in [3.63, 3.8) is 0 Å². The molecule has 0 saturated carbocycles. The monoisotopic (exact) mass is 495 g/mol. The van der Waals surface area contributed by atoms with Crippen LogP contribution in [0.3, 0.4) is 0 Å². The van der Waals surface area contributed by atoms with Gasteiger partial charge < -0.3 is 10.1 Å². The van der Waals surface area contributed by atoms with Crippen molar-refractivity contribution in [1.29, 1.82) is 0 Å². The van der Waals surface area contributed by atoms with E-state index in [1.54, 1.807) is 24.7 Å². The summed E-state index contributed by atoms with van der Waals surface area (Å²) in [6.45, 7) is 1.27. The first-order valence-electron chi connectivity index (χ1n) is 11.5. The van der Waals surface area contributed by atoms with E-state index in [9.17, 15) is 13.2 Å². The van der Waals surface area contributed by atoms with Crippen LogP contribution in [-0.4, -0.2) is 43.5 Å². The highest BCUT2D eigenvalue weighted by molar-refractivity contribution is 7.89. The maximum absolute atomic E-state index is 13.0. The van der Waals surface area contributed by atoms with E-state index < -0.39 is 22.0 Å². The number of hydrogen-bond donors (Lipinski definition) is 3. The van der Waals surface area contributed by atoms with Crippen LogP contribution in [0.5, 0.6) is 5.75 Å². The Morgan fingerprint density at radius 1 is 0.971 bits per heavy atom. The number of anilines is 1. The number of amides is 1. The van der Waals surface area contributed by atoms with Gasteiger partial charge in [0.15, 0.2) is 0 Å². The molecule has 2 bridgehead atoms. The molecule has 3 heterocycles. The Labute approximate surface area is 205 Å². The third-order valence-corrected chi connectivity index (χ3v) is 8.12. The van der Waals surface area contributed by atoms with Crippen LogP contribution in [0.2, 0.25) is 0 Å². The van der Waals surface area contributed by atoms with Crippen molar-refractivity contribution in [1.82, 2.24) is 9.79 Å². The number of methoxy groups -OCH3 is 1. The minimum atomic E-state index is -3.83. The molecule has 35 heavy (non-hydrogen) atoms. The summed E-state index contributed by atoms with van der Waals surface area (Å²) < 4.78 is 32.3. The minimum absolute atomic E-state index is 0.123. The summed E-state index contributed by atoms with van der Waals surface area (Å²) in [7, 11) is -2.24. The molecular weight excluding hydrogens is 466 g/mol. The number of nitrogens with zero attached hydrogens (tertiary/aromatic N) is 1. The van der Waals surface area contributed by atoms with Crippen molar-refractivity contribution in [3.8, 4) is 16.9 Å². The van der Waals surface area contributed by atoms with Crippen molar-refractivity contribution < 1.29 is 23.2 Å². The van der Waals surface area contributed by atoms with Crippen LogP contribution in [0.4, 0.5) is 5.69 Å². The number of piperidine rings is 1. The van der Waals surface area contributed by atoms with Crippen LogP contribution in [0.1, 0.15) is 24.8 Å². The van der Waals surface area contributed by atoms with E-state index in [0.717, 1.165) is 29.8 Å². The molecule has 0 aliphatic carbocycles. The minimum Gasteiger partial charge on any atom is -0.497 e. The first kappa shape index (κ1) is 24.7. The standard InChI is InChI=1S/C19H22N2O5S.C7H7N/c1-26-16-9-5-14(6-10-16)15-7-11-17(12-8-15)27(24,25)21-13-3-2-4-18(21)19(22)20-23;1-3-7-4-2-6(1)5-8-7/h5-12,18,23H,2-4,13H2,1H3,(H,20,22);1-4,8H,5H2/t18-;/m1./s1. The molecular formula is C26H29N3O5S. The van der Waals surface area contributed by atoms with Crippen LogP contribution in [0.25, 0.3) is 11.1 Å². The lowest BCUT2D eigenvalue weighted by molar-refractivity contribution is -0.134. The SMILES string of the molecule is COc1ccc(-c2ccc(S(=O)(=O)N3CCCC[C@@H]3C(=O)NO)cc2)cc1.c1cc2ccc1CN2. The topological polar surface area (TPSA) is 108 Å². The molecule has 3 aromatic rings. The molecule has 1 amide bonds. The average molecular weight is 496 g/mol. The van der Waals surface area contributed by atoms with Gasteiger partial charge in [-0.05, 0) is 65.9 Å². The number of carbonyl (C=O) groups excluding carboxylic acids is 1. The average Bonchev–Trinajstić information content (AvgIpc) is 2.94. The van der Waals surface area contributed by atoms with Gasteiger partial charge in [-0.2, -0.15) is 4.31 Å². The first-order chi connectivity index (χ1) is 16.9. The van der Waals surface area contributed by atoms with Gasteiger partial charge in [-0.1, -0.05) is 42.8 Å². The normalized spacial score (nSPS) is 17.0. The molecule has 1 fully saturated rings. The van der Waals surface area contributed by atoms with Gasteiger partial charge in [0.25, 0.3) is 5.91 Å². The van der Waals surface area contributed by atoms with E-state index in [2.05, 4.69) is 29.6 Å². The van der Waals surface area contributed by atoms with Crippen LogP contribution < -0.4 is 15.5 Å². The highest BCUT2D eigenvalue weighted by atomic mass is 32.2. The predicted octanol–water partition coefficient (Wildman–Crippen LogP) is 4.02. The van der Waals surface area contributed by atoms with Gasteiger partial charge in [0.2, 0.25) is 10.0 Å². The smallest absolute Gasteiger partial charge is 0.261 e. The van der Waals surface area contributed by atoms with Crippen molar-refractivity contribution in [2.45, 2.75) is 36.7 Å². The molecule has 3 aliphatic rings. The molecule has 184 valence electrons. The third kappa shape index (κ3) is 5.64. The maximum atomic E-state index is 13.0. The van der Waals surface area contributed by atoms with Gasteiger partial charge >= 0.3 is 0 Å². The Bertz CT molecular complexity index is 1220. The quantitative estimate of drug-likeness (QED) is 0.365. The van der Waals surface area contributed by atoms with E-state index in [4.69, 9.17) is 9.94 Å². The summed E-state index contributed by atoms with van der Waals surface area (Å²) in [6.07, 6.45) is 1.80. The number of nitrogens with one attached hydrogen (secondary N) is 2. The van der Waals surface area contributed by atoms with Gasteiger partial charge in [0.05, 0.1) is 12.0 Å². The Morgan fingerprint density at radius 2 is 1.60 bits per heavy atom. The second-order valence-electron chi connectivity index (χ2n) is 8.41. The fourth-order valence-electron chi connectivity index (χ4n) is 4.21. The summed E-state index contributed by atoms with van der Waals surface area (Å²) >= 11 is 0. The highest BCUT2D eigenvalue weighted by Crippen LogP contribution is 2.28. The first-order valence-corrected chi connectivity index (χ1v) is 12.9. The van der Waals surface area contributed by atoms with Gasteiger partial charge in [0, 0.05) is 18.8 Å². The predicted molar refractivity (Wildman–Crippen MR) is 134 cm³/mol. The lowest BCUT2D eigenvalue weighted by Gasteiger charge is -2.33. The molecule has 0 aromatic heterocycles. The van der Waals surface area contributed by atoms with E-state index in [1.807, 2.05) is 24.3 Å². The molecule has 6 rings (SSSR count). The second-order valence-corrected chi connectivity index (χ2v) is 10.3. The molecule has 0 spiro atoms. The number of hydrogen-bond acceptors (Lipinski definition) is 6. The number of fused-ring (bicyclic) bond motifs is 3. The number of hydroxylamine groups is 1. The number of carbonyl (C=O) groups is 1. The zero-order valence-electron chi connectivity index (χ0n) is 19.5.